The number of hydrogen-bond acceptors (Lipinski definition) is 10. The van der Waals surface area contributed by atoms with E-state index in [1.807, 2.05) is 32.0 Å². The lowest BCUT2D eigenvalue weighted by molar-refractivity contribution is -0.135. The van der Waals surface area contributed by atoms with E-state index in [1.54, 1.807) is 6.07 Å². The second kappa shape index (κ2) is 19.0. The minimum absolute atomic E-state index is 0.0297. The van der Waals surface area contributed by atoms with E-state index in [9.17, 15) is 29.1 Å². The number of carbonyl (C=O) groups excluding carboxylic acids is 5. The number of nitrogens with zero attached hydrogens (tertiary/aromatic N) is 1. The highest BCUT2D eigenvalue weighted by atomic mass is 32.1. The summed E-state index contributed by atoms with van der Waals surface area (Å²) in [5.74, 6) is -3.04. The van der Waals surface area contributed by atoms with Crippen LogP contribution in [0, 0.1) is 11.3 Å². The Morgan fingerprint density at radius 1 is 1.00 bits per heavy atom. The second-order valence-corrected chi connectivity index (χ2v) is 14.8. The lowest BCUT2D eigenvalue weighted by Crippen LogP contribution is -2.64. The van der Waals surface area contributed by atoms with Crippen LogP contribution in [-0.4, -0.2) is 98.7 Å². The van der Waals surface area contributed by atoms with Crippen LogP contribution in [0.25, 0.3) is 10.2 Å². The van der Waals surface area contributed by atoms with Gasteiger partial charge >= 0.3 is 0 Å². The van der Waals surface area contributed by atoms with Crippen molar-refractivity contribution in [1.82, 2.24) is 31.6 Å². The summed E-state index contributed by atoms with van der Waals surface area (Å²) < 4.78 is 0.824. The van der Waals surface area contributed by atoms with Crippen LogP contribution in [0.1, 0.15) is 69.1 Å². The fraction of sp³-hybridized carbons (Fsp3) is 0.567. The molecule has 2 rings (SSSR count). The van der Waals surface area contributed by atoms with Crippen molar-refractivity contribution in [2.75, 3.05) is 19.7 Å². The maximum atomic E-state index is 13.8. The summed E-state index contributed by atoms with van der Waals surface area (Å²) in [4.78, 5) is 70.4. The summed E-state index contributed by atoms with van der Waals surface area (Å²) in [6.45, 7) is 5.03. The summed E-state index contributed by atoms with van der Waals surface area (Å²) in [5.41, 5.74) is 11.7. The third kappa shape index (κ3) is 12.6. The van der Waals surface area contributed by atoms with Gasteiger partial charge in [0.05, 0.1) is 33.1 Å². The van der Waals surface area contributed by atoms with Gasteiger partial charge in [0.15, 0.2) is 11.0 Å². The highest BCUT2D eigenvalue weighted by Gasteiger charge is 2.37. The Morgan fingerprint density at radius 3 is 2.23 bits per heavy atom. The number of ketones is 1. The molecule has 17 heteroatoms. The molecule has 2 aromatic rings. The van der Waals surface area contributed by atoms with Crippen LogP contribution in [0.5, 0.6) is 0 Å². The zero-order valence-electron chi connectivity index (χ0n) is 27.5. The summed E-state index contributed by atoms with van der Waals surface area (Å²) in [7, 11) is 0.0637. The molecule has 1 aromatic heterocycles. The number of nitrogens with two attached hydrogens (primary N) is 2. The molecule has 0 fully saturated rings. The lowest BCUT2D eigenvalue weighted by atomic mass is 10.00. The molecule has 4 amide bonds. The number of hydrogen-bond donors (Lipinski definition) is 9. The van der Waals surface area contributed by atoms with Crippen LogP contribution >= 0.6 is 11.3 Å². The Morgan fingerprint density at radius 2 is 1.64 bits per heavy atom. The molecule has 1 heterocycles. The lowest BCUT2D eigenvalue weighted by Gasteiger charge is -2.30. The molecule has 260 valence electrons. The number of para-hydroxylation sites is 1. The number of carbonyl (C=O) groups is 5. The van der Waals surface area contributed by atoms with Crippen molar-refractivity contribution in [3.63, 3.8) is 0 Å². The molecule has 0 aliphatic rings. The van der Waals surface area contributed by atoms with Crippen LogP contribution in [0.2, 0.25) is 0 Å². The molecule has 0 saturated carbocycles. The second-order valence-electron chi connectivity index (χ2n) is 12.1. The van der Waals surface area contributed by atoms with Gasteiger partial charge in [0.2, 0.25) is 29.4 Å². The first kappa shape index (κ1) is 39.2. The number of unbranched alkanes of at least 4 members (excludes halogenated alkanes) is 1. The molecule has 1 aromatic carbocycles. The molecular weight excluding hydrogens is 643 g/mol. The molecule has 15 nitrogen and oxygen atoms in total. The number of amides is 4. The van der Waals surface area contributed by atoms with Gasteiger partial charge in [-0.3, -0.25) is 29.4 Å². The van der Waals surface area contributed by atoms with Gasteiger partial charge in [0, 0.05) is 13.5 Å². The number of aliphatic hydroxyl groups is 1. The summed E-state index contributed by atoms with van der Waals surface area (Å²) in [5, 5.41) is 29.3. The van der Waals surface area contributed by atoms with E-state index in [0.29, 0.717) is 37.9 Å². The SMILES string of the molecule is CC(=O)NC([SiH3])(CO)C(=O)N[C@@H](CCCCN)C(=O)N[C@@H](CC(C)C)C(=O)N[C@@H](CCCNC(=N)N)C(=O)c1nc2ccccc2s1. The van der Waals surface area contributed by atoms with Crippen molar-refractivity contribution in [2.24, 2.45) is 17.4 Å². The standard InChI is InChI=1S/C30H49N9O6SSi/c1-17(2)15-22(36-25(43)21(10-6-7-13-31)38-28(45)30(47,16-40)39-18(3)41)26(44)35-20(11-8-14-34-29(32)33)24(42)27-37-19-9-4-5-12-23(19)46-27/h4-5,9,12,17,20-22,40H,6-8,10-11,13-16,31H2,1-3,47H3,(H,35,44)(H,36,43)(H,38,45)(H,39,41)(H4,32,33,34)/t20-,21-,22-,30?/m0/s1. The van der Waals surface area contributed by atoms with Crippen molar-refractivity contribution in [3.8, 4) is 0 Å². The number of fused-ring (bicyclic) bond motifs is 1. The first-order valence-electron chi connectivity index (χ1n) is 15.7. The average molecular weight is 692 g/mol. The van der Waals surface area contributed by atoms with Gasteiger partial charge in [-0.05, 0) is 63.1 Å². The van der Waals surface area contributed by atoms with E-state index in [4.69, 9.17) is 16.9 Å². The highest BCUT2D eigenvalue weighted by molar-refractivity contribution is 7.20. The Labute approximate surface area is 281 Å². The van der Waals surface area contributed by atoms with Crippen LogP contribution in [0.15, 0.2) is 24.3 Å². The Bertz CT molecular complexity index is 1370. The first-order valence-corrected chi connectivity index (χ1v) is 17.5. The fourth-order valence-corrected chi connectivity index (χ4v) is 6.26. The number of thiazole rings is 1. The van der Waals surface area contributed by atoms with Gasteiger partial charge in [-0.25, -0.2) is 4.98 Å². The zero-order chi connectivity index (χ0) is 35.1. The van der Waals surface area contributed by atoms with Crippen molar-refractivity contribution < 1.29 is 29.1 Å². The van der Waals surface area contributed by atoms with Crippen LogP contribution in [0.3, 0.4) is 0 Å². The number of aliphatic hydroxyl groups excluding tert-OH is 1. The molecule has 1 unspecified atom stereocenters. The Hall–Kier alpha value is -3.93. The Balaban J connectivity index is 2.30. The van der Waals surface area contributed by atoms with E-state index in [2.05, 4.69) is 31.6 Å². The van der Waals surface area contributed by atoms with E-state index in [-0.39, 0.29) is 52.2 Å². The third-order valence-electron chi connectivity index (χ3n) is 7.30. The normalized spacial score (nSPS) is 14.4. The number of benzene rings is 1. The van der Waals surface area contributed by atoms with E-state index < -0.39 is 53.5 Å². The van der Waals surface area contributed by atoms with Gasteiger partial charge in [-0.2, -0.15) is 0 Å². The largest absolute Gasteiger partial charge is 0.394 e. The maximum Gasteiger partial charge on any atom is 0.244 e. The van der Waals surface area contributed by atoms with Crippen molar-refractivity contribution >= 4 is 67.2 Å². The van der Waals surface area contributed by atoms with Crippen LogP contribution in [0.4, 0.5) is 0 Å². The molecule has 0 aliphatic heterocycles. The minimum Gasteiger partial charge on any atom is -0.394 e. The van der Waals surface area contributed by atoms with Crippen molar-refractivity contribution in [2.45, 2.75) is 82.6 Å². The first-order chi connectivity index (χ1) is 22.2. The molecule has 0 spiro atoms. The van der Waals surface area contributed by atoms with Crippen molar-refractivity contribution in [1.29, 1.82) is 5.41 Å². The topological polar surface area (TPSA) is 255 Å². The molecule has 0 radical (unpaired) electrons. The quantitative estimate of drug-likeness (QED) is 0.0257. The van der Waals surface area contributed by atoms with Crippen LogP contribution < -0.4 is 38.1 Å². The van der Waals surface area contributed by atoms with Gasteiger partial charge in [0.25, 0.3) is 0 Å². The monoisotopic (exact) mass is 691 g/mol. The molecule has 0 aliphatic carbocycles. The third-order valence-corrected chi connectivity index (χ3v) is 9.37. The van der Waals surface area contributed by atoms with E-state index in [1.165, 1.54) is 18.3 Å². The maximum absolute atomic E-state index is 13.8. The number of Topliss-reactive ketones (excluding diaryl/α,β-unsaturated/α-hetero) is 1. The molecular formula is C30H49N9O6SSi. The average Bonchev–Trinajstić information content (AvgIpc) is 3.45. The van der Waals surface area contributed by atoms with E-state index >= 15 is 0 Å². The summed E-state index contributed by atoms with van der Waals surface area (Å²) in [6, 6.07) is 4.21. The number of guanidine groups is 1. The molecule has 0 bridgehead atoms. The summed E-state index contributed by atoms with van der Waals surface area (Å²) in [6.07, 6.45) is 2.14. The number of aromatic nitrogens is 1. The summed E-state index contributed by atoms with van der Waals surface area (Å²) >= 11 is 1.22. The zero-order valence-corrected chi connectivity index (χ0v) is 30.3. The number of rotatable bonds is 20. The van der Waals surface area contributed by atoms with Crippen LogP contribution in [-0.2, 0) is 19.2 Å². The molecule has 4 atom stereocenters. The van der Waals surface area contributed by atoms with Gasteiger partial charge in [-0.1, -0.05) is 26.0 Å². The van der Waals surface area contributed by atoms with Gasteiger partial charge in [-0.15, -0.1) is 11.3 Å². The minimum atomic E-state index is -1.54. The fourth-order valence-electron chi connectivity index (χ4n) is 4.81. The predicted molar refractivity (Wildman–Crippen MR) is 185 cm³/mol. The van der Waals surface area contributed by atoms with Gasteiger partial charge < -0.3 is 43.2 Å². The van der Waals surface area contributed by atoms with Crippen molar-refractivity contribution in [3.05, 3.63) is 29.3 Å². The molecule has 0 saturated heterocycles. The Kier molecular flexibility index (Phi) is 15.9. The van der Waals surface area contributed by atoms with E-state index in [0.717, 1.165) is 4.70 Å². The van der Waals surface area contributed by atoms with Gasteiger partial charge in [0.1, 0.15) is 17.2 Å². The highest BCUT2D eigenvalue weighted by Crippen LogP contribution is 2.23. The number of nitrogens with one attached hydrogen (secondary N) is 6. The predicted octanol–water partition coefficient (Wildman–Crippen LogP) is -1.44. The molecule has 11 N–H and O–H groups in total. The smallest absolute Gasteiger partial charge is 0.244 e. The molecule has 47 heavy (non-hydrogen) atoms.